The highest BCUT2D eigenvalue weighted by atomic mass is 31.2. The van der Waals surface area contributed by atoms with Crippen molar-refractivity contribution < 1.29 is 80.2 Å². The van der Waals surface area contributed by atoms with E-state index in [4.69, 9.17) is 37.0 Å². The van der Waals surface area contributed by atoms with Gasteiger partial charge in [-0.25, -0.2) is 9.13 Å². The van der Waals surface area contributed by atoms with Gasteiger partial charge in [-0.15, -0.1) is 0 Å². The molecule has 3 N–H and O–H groups in total. The number of aliphatic hydroxyl groups is 1. The third kappa shape index (κ3) is 62.0. The zero-order valence-corrected chi connectivity index (χ0v) is 59.8. The van der Waals surface area contributed by atoms with Crippen LogP contribution < -0.4 is 0 Å². The number of hydrogen-bond donors (Lipinski definition) is 3. The highest BCUT2D eigenvalue weighted by molar-refractivity contribution is 7.47. The lowest BCUT2D eigenvalue weighted by Crippen LogP contribution is -2.30. The summed E-state index contributed by atoms with van der Waals surface area (Å²) in [4.78, 5) is 72.4. The van der Waals surface area contributed by atoms with E-state index in [1.165, 1.54) is 141 Å². The molecule has 0 saturated carbocycles. The van der Waals surface area contributed by atoms with Crippen molar-refractivity contribution >= 4 is 39.5 Å². The fourth-order valence-electron chi connectivity index (χ4n) is 10.4. The fraction of sp³-hybridized carbons (Fsp3) is 0.943. The lowest BCUT2D eigenvalue weighted by Gasteiger charge is -2.21. The number of esters is 4. The van der Waals surface area contributed by atoms with Crippen LogP contribution in [0.4, 0.5) is 0 Å². The van der Waals surface area contributed by atoms with Crippen molar-refractivity contribution in [3.05, 3.63) is 0 Å². The molecule has 0 radical (unpaired) electrons. The Hall–Kier alpha value is -1.94. The molecule has 0 aromatic rings. The predicted molar refractivity (Wildman–Crippen MR) is 358 cm³/mol. The van der Waals surface area contributed by atoms with E-state index in [0.717, 1.165) is 108 Å². The van der Waals surface area contributed by atoms with Crippen LogP contribution in [0.25, 0.3) is 0 Å². The average Bonchev–Trinajstić information content (AvgIpc) is 3.71. The molecule has 0 saturated heterocycles. The SMILES string of the molecule is CCC(C)CCCCCCCCCCCCCCCCC(=O)OC[C@H](COP(=O)(O)OC[C@@H](O)COP(=O)(O)OC[C@@H](COC(=O)CCCCCCCCC(C)C)OC(=O)CCCCCCCCCC(C)C)OC(=O)CCCCCCCCCCC(C)CC. The minimum absolute atomic E-state index is 0.102. The van der Waals surface area contributed by atoms with E-state index in [1.807, 2.05) is 0 Å². The first-order valence-electron chi connectivity index (χ1n) is 36.3. The minimum atomic E-state index is -4.95. The minimum Gasteiger partial charge on any atom is -0.462 e. The maximum Gasteiger partial charge on any atom is 0.472 e. The standard InChI is InChI=1S/C70H136O17P2/c1-9-62(7)48-40-32-23-17-15-13-11-12-14-16-18-25-34-42-50-67(72)80-56-65(86-69(74)52-44-36-26-20-19-24-33-41-49-63(8)10-2)58-84-88(76,77)82-54-64(71)55-83-89(78,79)85-59-66(57-81-68(73)51-43-35-29-28-31-39-47-61(5)6)87-70(75)53-45-37-27-21-22-30-38-46-60(3)4/h60-66,71H,9-59H2,1-8H3,(H,76,77)(H,78,79)/t62?,63?,64-,65-,66-/m1/s1. The van der Waals surface area contributed by atoms with Gasteiger partial charge in [0.05, 0.1) is 26.4 Å². The average molecular weight is 1310 g/mol. The van der Waals surface area contributed by atoms with Gasteiger partial charge in [-0.2, -0.15) is 0 Å². The summed E-state index contributed by atoms with van der Waals surface area (Å²) in [6.07, 6.45) is 41.9. The van der Waals surface area contributed by atoms with Gasteiger partial charge >= 0.3 is 39.5 Å². The van der Waals surface area contributed by atoms with Gasteiger partial charge in [-0.3, -0.25) is 37.3 Å². The second kappa shape index (κ2) is 59.8. The van der Waals surface area contributed by atoms with Crippen molar-refractivity contribution in [3.63, 3.8) is 0 Å². The molecule has 0 aromatic carbocycles. The first-order valence-corrected chi connectivity index (χ1v) is 39.3. The Morgan fingerprint density at radius 2 is 0.539 bits per heavy atom. The highest BCUT2D eigenvalue weighted by Crippen LogP contribution is 2.45. The Kier molecular flexibility index (Phi) is 58.5. The zero-order chi connectivity index (χ0) is 66.1. The summed E-state index contributed by atoms with van der Waals surface area (Å²) >= 11 is 0. The summed E-state index contributed by atoms with van der Waals surface area (Å²) in [6, 6.07) is 0. The van der Waals surface area contributed by atoms with E-state index in [2.05, 4.69) is 55.4 Å². The molecule has 0 bridgehead atoms. The van der Waals surface area contributed by atoms with Crippen LogP contribution in [0, 0.1) is 23.7 Å². The molecule has 0 rings (SSSR count). The van der Waals surface area contributed by atoms with Crippen molar-refractivity contribution in [2.24, 2.45) is 23.7 Å². The van der Waals surface area contributed by atoms with Crippen molar-refractivity contribution in [2.45, 2.75) is 363 Å². The second-order valence-electron chi connectivity index (χ2n) is 26.7. The van der Waals surface area contributed by atoms with Crippen LogP contribution in [0.1, 0.15) is 344 Å². The largest absolute Gasteiger partial charge is 0.472 e. The van der Waals surface area contributed by atoms with Gasteiger partial charge in [0.2, 0.25) is 0 Å². The Bertz CT molecular complexity index is 1770. The maximum absolute atomic E-state index is 13.0. The lowest BCUT2D eigenvalue weighted by atomic mass is 9.99. The van der Waals surface area contributed by atoms with Crippen LogP contribution >= 0.6 is 15.6 Å². The van der Waals surface area contributed by atoms with Crippen LogP contribution in [0.5, 0.6) is 0 Å². The van der Waals surface area contributed by atoms with Crippen LogP contribution in [0.15, 0.2) is 0 Å². The van der Waals surface area contributed by atoms with E-state index in [-0.39, 0.29) is 25.7 Å². The molecule has 0 spiro atoms. The Morgan fingerprint density at radius 1 is 0.315 bits per heavy atom. The Balaban J connectivity index is 5.21. The number of phosphoric acid groups is 2. The van der Waals surface area contributed by atoms with Gasteiger partial charge in [0.15, 0.2) is 12.2 Å². The lowest BCUT2D eigenvalue weighted by molar-refractivity contribution is -0.161. The van der Waals surface area contributed by atoms with E-state index >= 15 is 0 Å². The van der Waals surface area contributed by atoms with Gasteiger partial charge in [-0.05, 0) is 49.4 Å². The summed E-state index contributed by atoms with van der Waals surface area (Å²) < 4.78 is 68.2. The molecule has 0 aliphatic heterocycles. The summed E-state index contributed by atoms with van der Waals surface area (Å²) in [5.74, 6) is 0.860. The predicted octanol–water partition coefficient (Wildman–Crippen LogP) is 19.7. The molecule has 0 aliphatic carbocycles. The Labute approximate surface area is 543 Å². The second-order valence-corrected chi connectivity index (χ2v) is 29.6. The van der Waals surface area contributed by atoms with Crippen LogP contribution in [0.3, 0.4) is 0 Å². The molecule has 528 valence electrons. The first kappa shape index (κ1) is 87.1. The van der Waals surface area contributed by atoms with Crippen molar-refractivity contribution in [2.75, 3.05) is 39.6 Å². The van der Waals surface area contributed by atoms with E-state index < -0.39 is 97.5 Å². The number of carbonyl (C=O) groups is 4. The number of carbonyl (C=O) groups excluding carboxylic acids is 4. The third-order valence-electron chi connectivity index (χ3n) is 16.8. The van der Waals surface area contributed by atoms with E-state index in [1.54, 1.807) is 0 Å². The number of aliphatic hydroxyl groups excluding tert-OH is 1. The number of phosphoric ester groups is 2. The van der Waals surface area contributed by atoms with Gasteiger partial charge in [0.1, 0.15) is 19.3 Å². The quantitative estimate of drug-likeness (QED) is 0.0222. The van der Waals surface area contributed by atoms with Crippen molar-refractivity contribution in [3.8, 4) is 0 Å². The van der Waals surface area contributed by atoms with E-state index in [0.29, 0.717) is 37.5 Å². The van der Waals surface area contributed by atoms with Gasteiger partial charge in [0.25, 0.3) is 0 Å². The van der Waals surface area contributed by atoms with Gasteiger partial charge in [-0.1, -0.05) is 293 Å². The highest BCUT2D eigenvalue weighted by Gasteiger charge is 2.30. The monoisotopic (exact) mass is 1310 g/mol. The van der Waals surface area contributed by atoms with Gasteiger partial charge in [0, 0.05) is 25.7 Å². The Morgan fingerprint density at radius 3 is 0.798 bits per heavy atom. The van der Waals surface area contributed by atoms with Gasteiger partial charge < -0.3 is 33.8 Å². The normalized spacial score (nSPS) is 14.9. The smallest absolute Gasteiger partial charge is 0.462 e. The summed E-state index contributed by atoms with van der Waals surface area (Å²) in [5, 5.41) is 10.6. The van der Waals surface area contributed by atoms with Crippen LogP contribution in [-0.4, -0.2) is 96.7 Å². The molecule has 19 heteroatoms. The van der Waals surface area contributed by atoms with Crippen LogP contribution in [0.2, 0.25) is 0 Å². The molecule has 0 aromatic heterocycles. The number of ether oxygens (including phenoxy) is 4. The van der Waals surface area contributed by atoms with Crippen molar-refractivity contribution in [1.82, 2.24) is 0 Å². The van der Waals surface area contributed by atoms with Crippen LogP contribution in [-0.2, 0) is 65.4 Å². The fourth-order valence-corrected chi connectivity index (χ4v) is 12.0. The molecule has 0 fully saturated rings. The summed E-state index contributed by atoms with van der Waals surface area (Å²) in [5.41, 5.74) is 0. The molecular weight excluding hydrogens is 1170 g/mol. The first-order chi connectivity index (χ1) is 42.7. The molecule has 0 heterocycles. The molecule has 4 unspecified atom stereocenters. The topological polar surface area (TPSA) is 237 Å². The molecule has 0 aliphatic rings. The third-order valence-corrected chi connectivity index (χ3v) is 18.7. The molecular formula is C70H136O17P2. The maximum atomic E-state index is 13.0. The zero-order valence-electron chi connectivity index (χ0n) is 58.1. The number of hydrogen-bond acceptors (Lipinski definition) is 15. The molecule has 17 nitrogen and oxygen atoms in total. The molecule has 89 heavy (non-hydrogen) atoms. The summed E-state index contributed by atoms with van der Waals surface area (Å²) in [6.45, 7) is 14.0. The summed E-state index contributed by atoms with van der Waals surface area (Å²) in [7, 11) is -9.90. The number of rotatable bonds is 67. The van der Waals surface area contributed by atoms with E-state index in [9.17, 15) is 43.2 Å². The molecule has 0 amide bonds. The van der Waals surface area contributed by atoms with Crippen molar-refractivity contribution in [1.29, 1.82) is 0 Å². The number of unbranched alkanes of at least 4 members (excludes halogenated alkanes) is 31. The molecule has 7 atom stereocenters.